The van der Waals surface area contributed by atoms with E-state index in [9.17, 15) is 4.57 Å². The average Bonchev–Trinajstić information content (AvgIpc) is 2.89. The molecule has 4 aromatic carbocycles. The summed E-state index contributed by atoms with van der Waals surface area (Å²) in [6, 6.07) is 35.5. The highest BCUT2D eigenvalue weighted by molar-refractivity contribution is 7.80. The predicted molar refractivity (Wildman–Crippen MR) is 144 cm³/mol. The first kappa shape index (κ1) is 22.9. The molecule has 7 heteroatoms. The zero-order chi connectivity index (χ0) is 24.1. The van der Waals surface area contributed by atoms with Crippen molar-refractivity contribution < 1.29 is 13.6 Å². The molecule has 1 heterocycles. The van der Waals surface area contributed by atoms with E-state index >= 15 is 0 Å². The molecule has 0 spiro atoms. The van der Waals surface area contributed by atoms with Gasteiger partial charge in [-0.25, -0.2) is 4.57 Å². The first-order chi connectivity index (χ1) is 17.1. The van der Waals surface area contributed by atoms with Crippen LogP contribution in [-0.2, 0) is 4.57 Å². The van der Waals surface area contributed by atoms with Gasteiger partial charge in [-0.1, -0.05) is 78.9 Å². The number of benzene rings is 4. The van der Waals surface area contributed by atoms with Crippen LogP contribution in [0, 0.1) is 0 Å². The molecule has 0 saturated heterocycles. The van der Waals surface area contributed by atoms with Gasteiger partial charge in [-0.05, 0) is 65.8 Å². The predicted octanol–water partition coefficient (Wildman–Crippen LogP) is 7.72. The SMILES string of the molecule is O=P(Oc1ccccc1)(Oc1ccccc1)C1c2ccccc2C=CN1C(=S)Nc1ccccc1. The number of nitrogens with one attached hydrogen (secondary N) is 1. The Balaban J connectivity index is 1.60. The zero-order valence-corrected chi connectivity index (χ0v) is 20.4. The molecule has 1 atom stereocenters. The molecular weight excluding hydrogens is 475 g/mol. The Kier molecular flexibility index (Phi) is 6.66. The van der Waals surface area contributed by atoms with Crippen molar-refractivity contribution in [3.63, 3.8) is 0 Å². The summed E-state index contributed by atoms with van der Waals surface area (Å²) < 4.78 is 27.2. The van der Waals surface area contributed by atoms with Crippen LogP contribution in [0.4, 0.5) is 5.69 Å². The van der Waals surface area contributed by atoms with E-state index in [0.29, 0.717) is 16.6 Å². The van der Waals surface area contributed by atoms with Gasteiger partial charge in [0.05, 0.1) is 0 Å². The minimum absolute atomic E-state index is 0.375. The van der Waals surface area contributed by atoms with Crippen molar-refractivity contribution in [3.8, 4) is 11.5 Å². The molecule has 5 nitrogen and oxygen atoms in total. The highest BCUT2D eigenvalue weighted by atomic mass is 32.1. The van der Waals surface area contributed by atoms with E-state index < -0.39 is 13.4 Å². The summed E-state index contributed by atoms with van der Waals surface area (Å²) in [5.41, 5.74) is 2.54. The summed E-state index contributed by atoms with van der Waals surface area (Å²) >= 11 is 5.79. The Morgan fingerprint density at radius 3 is 1.86 bits per heavy atom. The topological polar surface area (TPSA) is 50.8 Å². The molecule has 174 valence electrons. The maximum atomic E-state index is 14.8. The number of hydrogen-bond acceptors (Lipinski definition) is 4. The normalized spacial score (nSPS) is 14.6. The van der Waals surface area contributed by atoms with Gasteiger partial charge in [-0.2, -0.15) is 0 Å². The van der Waals surface area contributed by atoms with E-state index in [1.807, 2.05) is 103 Å². The lowest BCUT2D eigenvalue weighted by Crippen LogP contribution is -2.37. The first-order valence-corrected chi connectivity index (χ1v) is 13.1. The lowest BCUT2D eigenvalue weighted by Gasteiger charge is -2.38. The zero-order valence-electron chi connectivity index (χ0n) is 18.7. The maximum absolute atomic E-state index is 14.8. The largest absolute Gasteiger partial charge is 0.458 e. The van der Waals surface area contributed by atoms with Gasteiger partial charge in [0.1, 0.15) is 11.5 Å². The molecule has 4 aromatic rings. The Hall–Kier alpha value is -3.86. The number of fused-ring (bicyclic) bond motifs is 1. The van der Waals surface area contributed by atoms with E-state index in [0.717, 1.165) is 16.8 Å². The monoisotopic (exact) mass is 498 g/mol. The molecule has 1 aliphatic heterocycles. The average molecular weight is 499 g/mol. The number of hydrogen-bond donors (Lipinski definition) is 1. The highest BCUT2D eigenvalue weighted by Crippen LogP contribution is 2.63. The van der Waals surface area contributed by atoms with E-state index in [1.54, 1.807) is 29.2 Å². The third kappa shape index (κ3) is 5.14. The molecule has 5 rings (SSSR count). The van der Waals surface area contributed by atoms with Crippen LogP contribution in [0.25, 0.3) is 6.08 Å². The van der Waals surface area contributed by atoms with Gasteiger partial charge < -0.3 is 19.3 Å². The molecule has 0 aromatic heterocycles. The van der Waals surface area contributed by atoms with Crippen LogP contribution in [0.5, 0.6) is 11.5 Å². The minimum atomic E-state index is -3.94. The lowest BCUT2D eigenvalue weighted by atomic mass is 10.0. The molecule has 0 radical (unpaired) electrons. The molecule has 1 unspecified atom stereocenters. The smallest absolute Gasteiger partial charge is 0.414 e. The second-order valence-electron chi connectivity index (χ2n) is 7.87. The van der Waals surface area contributed by atoms with Crippen LogP contribution >= 0.6 is 19.8 Å². The summed E-state index contributed by atoms with van der Waals surface area (Å²) in [4.78, 5) is 1.75. The molecule has 0 aliphatic carbocycles. The van der Waals surface area contributed by atoms with Crippen LogP contribution in [-0.4, -0.2) is 10.0 Å². The van der Waals surface area contributed by atoms with Crippen molar-refractivity contribution in [2.45, 2.75) is 5.78 Å². The van der Waals surface area contributed by atoms with Crippen molar-refractivity contribution in [2.24, 2.45) is 0 Å². The fraction of sp³-hybridized carbons (Fsp3) is 0.0357. The first-order valence-electron chi connectivity index (χ1n) is 11.1. The highest BCUT2D eigenvalue weighted by Gasteiger charge is 2.47. The number of para-hydroxylation sites is 3. The van der Waals surface area contributed by atoms with E-state index in [1.165, 1.54) is 0 Å². The number of thiocarbonyl (C=S) groups is 1. The van der Waals surface area contributed by atoms with Gasteiger partial charge in [0.2, 0.25) is 0 Å². The third-order valence-electron chi connectivity index (χ3n) is 5.46. The van der Waals surface area contributed by atoms with Crippen LogP contribution in [0.2, 0.25) is 0 Å². The van der Waals surface area contributed by atoms with Crippen LogP contribution in [0.3, 0.4) is 0 Å². The van der Waals surface area contributed by atoms with Crippen molar-refractivity contribution in [1.29, 1.82) is 0 Å². The second-order valence-corrected chi connectivity index (χ2v) is 10.2. The summed E-state index contributed by atoms with van der Waals surface area (Å²) in [5.74, 6) is 0.0641. The molecule has 0 amide bonds. The molecule has 1 aliphatic rings. The van der Waals surface area contributed by atoms with Crippen LogP contribution in [0.1, 0.15) is 16.9 Å². The Morgan fingerprint density at radius 1 is 0.743 bits per heavy atom. The van der Waals surface area contributed by atoms with Crippen LogP contribution in [0.15, 0.2) is 121 Å². The van der Waals surface area contributed by atoms with E-state index in [-0.39, 0.29) is 0 Å². The third-order valence-corrected chi connectivity index (χ3v) is 7.83. The summed E-state index contributed by atoms with van der Waals surface area (Å²) in [7, 11) is -3.94. The lowest BCUT2D eigenvalue weighted by molar-refractivity contribution is 0.339. The Labute approximate surface area is 210 Å². The summed E-state index contributed by atoms with van der Waals surface area (Å²) in [6.45, 7) is 0. The quantitative estimate of drug-likeness (QED) is 0.217. The standard InChI is InChI=1S/C28H23N2O3PS/c31-34(32-24-15-6-2-7-16-24,33-25-17-8-3-9-18-25)27-26-19-11-10-12-22(26)20-21-30(27)28(35)29-23-13-4-1-5-14-23/h1-21,27H,(H,29,35). The van der Waals surface area contributed by atoms with Gasteiger partial charge in [0, 0.05) is 11.9 Å². The van der Waals surface area contributed by atoms with Crippen LogP contribution < -0.4 is 14.4 Å². The molecule has 0 saturated carbocycles. The van der Waals surface area contributed by atoms with Gasteiger partial charge in [-0.3, -0.25) is 0 Å². The number of rotatable bonds is 6. The summed E-state index contributed by atoms with van der Waals surface area (Å²) in [6.07, 6.45) is 3.76. The fourth-order valence-electron chi connectivity index (χ4n) is 3.88. The van der Waals surface area contributed by atoms with Gasteiger partial charge >= 0.3 is 7.60 Å². The van der Waals surface area contributed by atoms with E-state index in [4.69, 9.17) is 21.3 Å². The number of nitrogens with zero attached hydrogens (tertiary/aromatic N) is 1. The molecule has 0 bridgehead atoms. The van der Waals surface area contributed by atoms with Crippen molar-refractivity contribution in [1.82, 2.24) is 4.90 Å². The molecular formula is C28H23N2O3PS. The Bertz CT molecular complexity index is 1340. The van der Waals surface area contributed by atoms with Crippen molar-refractivity contribution >= 4 is 36.7 Å². The maximum Gasteiger partial charge on any atom is 0.458 e. The van der Waals surface area contributed by atoms with Gasteiger partial charge in [-0.15, -0.1) is 0 Å². The molecule has 1 N–H and O–H groups in total. The second kappa shape index (κ2) is 10.2. The summed E-state index contributed by atoms with van der Waals surface area (Å²) in [5, 5.41) is 3.62. The fourth-order valence-corrected chi connectivity index (χ4v) is 6.38. The Morgan fingerprint density at radius 2 is 1.26 bits per heavy atom. The minimum Gasteiger partial charge on any atom is -0.414 e. The van der Waals surface area contributed by atoms with Crippen molar-refractivity contribution in [2.75, 3.05) is 5.32 Å². The molecule has 35 heavy (non-hydrogen) atoms. The van der Waals surface area contributed by atoms with Crippen molar-refractivity contribution in [3.05, 3.63) is 133 Å². The molecule has 0 fully saturated rings. The van der Waals surface area contributed by atoms with E-state index in [2.05, 4.69) is 5.32 Å². The van der Waals surface area contributed by atoms with Gasteiger partial charge in [0.15, 0.2) is 10.9 Å². The van der Waals surface area contributed by atoms with Gasteiger partial charge in [0.25, 0.3) is 0 Å². The number of anilines is 1.